The Morgan fingerprint density at radius 2 is 2.00 bits per heavy atom. The zero-order valence-corrected chi connectivity index (χ0v) is 16.7. The van der Waals surface area contributed by atoms with Crippen molar-refractivity contribution in [3.8, 4) is 11.4 Å². The van der Waals surface area contributed by atoms with E-state index < -0.39 is 0 Å². The van der Waals surface area contributed by atoms with Crippen molar-refractivity contribution in [1.82, 2.24) is 14.9 Å². The number of carbonyl (C=O) groups is 1. The van der Waals surface area contributed by atoms with Crippen LogP contribution in [0.3, 0.4) is 0 Å². The van der Waals surface area contributed by atoms with Gasteiger partial charge in [-0.2, -0.15) is 0 Å². The van der Waals surface area contributed by atoms with Crippen molar-refractivity contribution in [2.24, 2.45) is 0 Å². The van der Waals surface area contributed by atoms with Crippen molar-refractivity contribution < 1.29 is 9.18 Å². The molecule has 0 bridgehead atoms. The number of piperidine rings is 1. The van der Waals surface area contributed by atoms with E-state index in [0.29, 0.717) is 30.0 Å². The number of carbonyl (C=O) groups excluding carboxylic acids is 1. The Morgan fingerprint density at radius 1 is 1.14 bits per heavy atom. The van der Waals surface area contributed by atoms with Crippen molar-refractivity contribution in [2.45, 2.75) is 32.6 Å². The molecule has 1 aliphatic rings. The first-order valence-corrected chi connectivity index (χ1v) is 9.96. The summed E-state index contributed by atoms with van der Waals surface area (Å²) >= 11 is 0. The van der Waals surface area contributed by atoms with E-state index in [4.69, 9.17) is 4.98 Å². The molecule has 1 fully saturated rings. The Kier molecular flexibility index (Phi) is 5.38. The van der Waals surface area contributed by atoms with Gasteiger partial charge in [-0.15, -0.1) is 0 Å². The molecule has 29 heavy (non-hydrogen) atoms. The summed E-state index contributed by atoms with van der Waals surface area (Å²) in [5.41, 5.74) is 4.05. The highest BCUT2D eigenvalue weighted by molar-refractivity contribution is 5.94. The molecule has 3 aromatic rings. The molecule has 1 atom stereocenters. The predicted octanol–water partition coefficient (Wildman–Crippen LogP) is 4.92. The Hall–Kier alpha value is -3.08. The van der Waals surface area contributed by atoms with E-state index in [1.807, 2.05) is 36.1 Å². The number of halogens is 1. The van der Waals surface area contributed by atoms with Crippen LogP contribution in [0, 0.1) is 19.7 Å². The van der Waals surface area contributed by atoms with Gasteiger partial charge in [0.05, 0.1) is 0 Å². The summed E-state index contributed by atoms with van der Waals surface area (Å²) in [5, 5.41) is 0. The van der Waals surface area contributed by atoms with E-state index in [0.717, 1.165) is 29.7 Å². The van der Waals surface area contributed by atoms with Crippen LogP contribution in [0.4, 0.5) is 4.39 Å². The molecule has 0 radical (unpaired) electrons. The van der Waals surface area contributed by atoms with Crippen molar-refractivity contribution in [1.29, 1.82) is 0 Å². The monoisotopic (exact) mass is 389 g/mol. The van der Waals surface area contributed by atoms with Gasteiger partial charge in [0.1, 0.15) is 5.82 Å². The third-order valence-electron chi connectivity index (χ3n) is 5.50. The van der Waals surface area contributed by atoms with Gasteiger partial charge in [-0.3, -0.25) is 4.79 Å². The van der Waals surface area contributed by atoms with Gasteiger partial charge >= 0.3 is 0 Å². The molecule has 0 spiro atoms. The number of nitrogens with zero attached hydrogens (tertiary/aromatic N) is 3. The molecular weight excluding hydrogens is 365 g/mol. The number of amides is 1. The molecule has 148 valence electrons. The van der Waals surface area contributed by atoms with Gasteiger partial charge in [-0.25, -0.2) is 14.4 Å². The number of hydrogen-bond acceptors (Lipinski definition) is 3. The number of rotatable bonds is 3. The number of aryl methyl sites for hydroxylation is 2. The summed E-state index contributed by atoms with van der Waals surface area (Å²) in [5.74, 6) is 0.384. The van der Waals surface area contributed by atoms with Gasteiger partial charge in [0.2, 0.25) is 0 Å². The number of likely N-dealkylation sites (tertiary alicyclic amines) is 1. The fourth-order valence-electron chi connectivity index (χ4n) is 3.83. The molecule has 2 heterocycles. The molecular formula is C24H24FN3O. The molecule has 4 nitrogen and oxygen atoms in total. The molecule has 1 aromatic heterocycles. The third-order valence-corrected chi connectivity index (χ3v) is 5.50. The van der Waals surface area contributed by atoms with Crippen LogP contribution in [0.2, 0.25) is 0 Å². The molecule has 1 amide bonds. The Bertz CT molecular complexity index is 1050. The van der Waals surface area contributed by atoms with Crippen LogP contribution in [0.15, 0.2) is 54.7 Å². The van der Waals surface area contributed by atoms with Gasteiger partial charge < -0.3 is 4.90 Å². The van der Waals surface area contributed by atoms with Crippen molar-refractivity contribution in [2.75, 3.05) is 13.1 Å². The van der Waals surface area contributed by atoms with Crippen LogP contribution in [0.1, 0.15) is 45.9 Å². The first-order valence-electron chi connectivity index (χ1n) is 9.96. The summed E-state index contributed by atoms with van der Waals surface area (Å²) in [6.45, 7) is 5.01. The van der Waals surface area contributed by atoms with E-state index in [-0.39, 0.29) is 17.6 Å². The number of aromatic nitrogens is 2. The Balaban J connectivity index is 1.55. The lowest BCUT2D eigenvalue weighted by molar-refractivity contribution is 0.0705. The van der Waals surface area contributed by atoms with Crippen LogP contribution in [0.25, 0.3) is 11.4 Å². The van der Waals surface area contributed by atoms with Crippen molar-refractivity contribution >= 4 is 5.91 Å². The maximum atomic E-state index is 13.9. The van der Waals surface area contributed by atoms with E-state index in [9.17, 15) is 9.18 Å². The van der Waals surface area contributed by atoms with Crippen LogP contribution in [-0.2, 0) is 0 Å². The molecule has 2 aromatic carbocycles. The quantitative estimate of drug-likeness (QED) is 0.639. The Morgan fingerprint density at radius 3 is 2.79 bits per heavy atom. The van der Waals surface area contributed by atoms with Crippen LogP contribution in [-0.4, -0.2) is 33.9 Å². The van der Waals surface area contributed by atoms with E-state index in [1.54, 1.807) is 25.3 Å². The van der Waals surface area contributed by atoms with Crippen LogP contribution in [0.5, 0.6) is 0 Å². The van der Waals surface area contributed by atoms with Crippen molar-refractivity contribution in [3.63, 3.8) is 0 Å². The van der Waals surface area contributed by atoms with Gasteiger partial charge in [0, 0.05) is 42.0 Å². The van der Waals surface area contributed by atoms with E-state index in [2.05, 4.69) is 11.1 Å². The highest BCUT2D eigenvalue weighted by atomic mass is 19.1. The highest BCUT2D eigenvalue weighted by Gasteiger charge is 2.27. The van der Waals surface area contributed by atoms with Gasteiger partial charge in [-0.05, 0) is 56.5 Å². The molecule has 0 N–H and O–H groups in total. The largest absolute Gasteiger partial charge is 0.338 e. The Labute approximate surface area is 170 Å². The van der Waals surface area contributed by atoms with Gasteiger partial charge in [0.25, 0.3) is 5.91 Å². The van der Waals surface area contributed by atoms with Gasteiger partial charge in [0.15, 0.2) is 5.82 Å². The van der Waals surface area contributed by atoms with Crippen LogP contribution < -0.4 is 0 Å². The summed E-state index contributed by atoms with van der Waals surface area (Å²) in [7, 11) is 0. The lowest BCUT2D eigenvalue weighted by atomic mass is 9.94. The first-order chi connectivity index (χ1) is 14.0. The molecule has 4 rings (SSSR count). The van der Waals surface area contributed by atoms with Gasteiger partial charge in [-0.1, -0.05) is 29.8 Å². The fourth-order valence-corrected chi connectivity index (χ4v) is 3.83. The highest BCUT2D eigenvalue weighted by Crippen LogP contribution is 2.28. The normalized spacial score (nSPS) is 16.7. The molecule has 0 unspecified atom stereocenters. The standard InChI is InChI=1S/C24H24FN3O/c1-16-5-3-6-18(13-16)23-26-11-10-22(27-23)20-7-4-12-28(15-20)24(29)19-9-8-17(2)21(25)14-19/h3,5-6,8-11,13-14,20H,4,7,12,15H2,1-2H3/t20-/m0/s1. The minimum absolute atomic E-state index is 0.124. The number of hydrogen-bond donors (Lipinski definition) is 0. The third kappa shape index (κ3) is 4.19. The zero-order valence-electron chi connectivity index (χ0n) is 16.7. The second kappa shape index (κ2) is 8.11. The lowest BCUT2D eigenvalue weighted by Gasteiger charge is -2.32. The van der Waals surface area contributed by atoms with E-state index >= 15 is 0 Å². The fraction of sp³-hybridized carbons (Fsp3) is 0.292. The minimum Gasteiger partial charge on any atom is -0.338 e. The zero-order chi connectivity index (χ0) is 20.4. The summed E-state index contributed by atoms with van der Waals surface area (Å²) in [4.78, 5) is 23.9. The summed E-state index contributed by atoms with van der Waals surface area (Å²) in [6, 6.07) is 14.8. The first kappa shape index (κ1) is 19.2. The topological polar surface area (TPSA) is 46.1 Å². The smallest absolute Gasteiger partial charge is 0.253 e. The molecule has 5 heteroatoms. The average Bonchev–Trinajstić information content (AvgIpc) is 2.75. The molecule has 1 aliphatic heterocycles. The van der Waals surface area contributed by atoms with Crippen molar-refractivity contribution in [3.05, 3.63) is 82.9 Å². The average molecular weight is 389 g/mol. The minimum atomic E-state index is -0.344. The molecule has 1 saturated heterocycles. The maximum Gasteiger partial charge on any atom is 0.253 e. The molecule has 0 saturated carbocycles. The molecule has 0 aliphatic carbocycles. The van der Waals surface area contributed by atoms with Crippen LogP contribution >= 0.6 is 0 Å². The summed E-state index contributed by atoms with van der Waals surface area (Å²) in [6.07, 6.45) is 3.65. The second-order valence-corrected chi connectivity index (χ2v) is 7.73. The SMILES string of the molecule is Cc1cccc(-c2nccc([C@H]3CCCN(C(=O)c4ccc(C)c(F)c4)C3)n2)c1. The second-order valence-electron chi connectivity index (χ2n) is 7.73. The predicted molar refractivity (Wildman–Crippen MR) is 111 cm³/mol. The summed E-state index contributed by atoms with van der Waals surface area (Å²) < 4.78 is 13.9. The number of benzene rings is 2. The lowest BCUT2D eigenvalue weighted by Crippen LogP contribution is -2.39. The maximum absolute atomic E-state index is 13.9. The van der Waals surface area contributed by atoms with E-state index in [1.165, 1.54) is 6.07 Å².